The number of nitrogens with zero attached hydrogens (tertiary/aromatic N) is 4. The average molecular weight is 672 g/mol. The molecule has 0 unspecified atom stereocenters. The average Bonchev–Trinajstić information content (AvgIpc) is 3.44. The number of amides is 1. The maximum Gasteiger partial charge on any atom is 0.258 e. The Hall–Kier alpha value is -3.59. The van der Waals surface area contributed by atoms with Gasteiger partial charge >= 0.3 is 0 Å². The highest BCUT2D eigenvalue weighted by Crippen LogP contribution is 2.38. The summed E-state index contributed by atoms with van der Waals surface area (Å²) < 4.78 is 61.8. The van der Waals surface area contributed by atoms with Gasteiger partial charge in [0.2, 0.25) is 10.0 Å². The summed E-state index contributed by atoms with van der Waals surface area (Å²) >= 11 is 0. The predicted molar refractivity (Wildman–Crippen MR) is 176 cm³/mol. The van der Waals surface area contributed by atoms with Gasteiger partial charge in [-0.1, -0.05) is 13.8 Å². The molecule has 2 saturated heterocycles. The lowest BCUT2D eigenvalue weighted by atomic mass is 9.84. The molecule has 0 aliphatic carbocycles. The Kier molecular flexibility index (Phi) is 9.31. The minimum Gasteiger partial charge on any atom is -0.381 e. The van der Waals surface area contributed by atoms with Crippen molar-refractivity contribution >= 4 is 33.1 Å². The van der Waals surface area contributed by atoms with Crippen LogP contribution >= 0.6 is 0 Å². The van der Waals surface area contributed by atoms with Crippen molar-refractivity contribution in [2.75, 3.05) is 61.5 Å². The van der Waals surface area contributed by atoms with Crippen LogP contribution in [0.1, 0.15) is 62.2 Å². The van der Waals surface area contributed by atoms with Gasteiger partial charge in [-0.25, -0.2) is 17.2 Å². The van der Waals surface area contributed by atoms with E-state index >= 15 is 0 Å². The molecule has 0 radical (unpaired) electrons. The van der Waals surface area contributed by atoms with Gasteiger partial charge in [0.15, 0.2) is 5.82 Å². The molecule has 254 valence electrons. The molecule has 0 atom stereocenters. The van der Waals surface area contributed by atoms with E-state index in [9.17, 15) is 22.0 Å². The Balaban J connectivity index is 1.27. The molecule has 3 aliphatic rings. The summed E-state index contributed by atoms with van der Waals surface area (Å²) in [6.45, 7) is 13.0. The second-order valence-corrected chi connectivity index (χ2v) is 15.5. The fraction of sp³-hybridized carbons (Fsp3) is 0.515. The molecule has 2 fully saturated rings. The first-order chi connectivity index (χ1) is 22.3. The zero-order chi connectivity index (χ0) is 33.5. The van der Waals surface area contributed by atoms with Crippen molar-refractivity contribution in [2.24, 2.45) is 0 Å². The summed E-state index contributed by atoms with van der Waals surface area (Å²) in [4.78, 5) is 18.2. The zero-order valence-corrected chi connectivity index (χ0v) is 28.1. The predicted octanol–water partition coefficient (Wildman–Crippen LogP) is 4.54. The maximum atomic E-state index is 14.0. The number of H-pyrrole nitrogens is 1. The minimum absolute atomic E-state index is 0.0438. The molecular weight excluding hydrogens is 628 g/mol. The van der Waals surface area contributed by atoms with E-state index in [4.69, 9.17) is 4.74 Å². The van der Waals surface area contributed by atoms with Crippen molar-refractivity contribution < 1.29 is 26.7 Å². The first kappa shape index (κ1) is 33.3. The molecule has 14 heteroatoms. The quantitative estimate of drug-likeness (QED) is 0.319. The largest absolute Gasteiger partial charge is 0.381 e. The highest BCUT2D eigenvalue weighted by Gasteiger charge is 2.41. The molecule has 3 aliphatic heterocycles. The summed E-state index contributed by atoms with van der Waals surface area (Å²) in [6, 6.07) is 8.69. The van der Waals surface area contributed by atoms with Crippen molar-refractivity contribution in [3.05, 3.63) is 64.9 Å². The Morgan fingerprint density at radius 1 is 1.04 bits per heavy atom. The van der Waals surface area contributed by atoms with Crippen LogP contribution < -0.4 is 15.5 Å². The van der Waals surface area contributed by atoms with Crippen LogP contribution in [0.25, 0.3) is 0 Å². The van der Waals surface area contributed by atoms with Crippen molar-refractivity contribution in [3.63, 3.8) is 0 Å². The third-order valence-corrected chi connectivity index (χ3v) is 11.2. The number of fused-ring (bicyclic) bond motifs is 1. The highest BCUT2D eigenvalue weighted by molar-refractivity contribution is 7.89. The van der Waals surface area contributed by atoms with E-state index in [0.717, 1.165) is 56.8 Å². The molecule has 1 aromatic heterocycles. The maximum absolute atomic E-state index is 14.0. The molecule has 1 amide bonds. The molecule has 2 aromatic carbocycles. The van der Waals surface area contributed by atoms with Gasteiger partial charge in [0.25, 0.3) is 5.91 Å². The smallest absolute Gasteiger partial charge is 0.258 e. The molecule has 6 rings (SSSR count). The molecular formula is C33H43F2N7O4S. The molecule has 4 heterocycles. The van der Waals surface area contributed by atoms with E-state index in [1.807, 2.05) is 32.0 Å². The summed E-state index contributed by atoms with van der Waals surface area (Å²) in [5.74, 6) is -2.15. The summed E-state index contributed by atoms with van der Waals surface area (Å²) in [5, 5.41) is 13.9. The lowest BCUT2D eigenvalue weighted by Crippen LogP contribution is -2.48. The Morgan fingerprint density at radius 3 is 2.38 bits per heavy atom. The number of piperazine rings is 1. The van der Waals surface area contributed by atoms with E-state index in [1.165, 1.54) is 4.31 Å². The van der Waals surface area contributed by atoms with Crippen molar-refractivity contribution in [1.82, 2.24) is 19.4 Å². The second kappa shape index (κ2) is 13.1. The van der Waals surface area contributed by atoms with E-state index in [0.29, 0.717) is 47.8 Å². The van der Waals surface area contributed by atoms with E-state index in [1.54, 1.807) is 0 Å². The number of hydrogen-bond donors (Lipinski definition) is 3. The number of carbonyl (C=O) groups excluding carboxylic acids is 1. The Labute approximate surface area is 274 Å². The number of ether oxygens (including phenoxy) is 1. The van der Waals surface area contributed by atoms with Crippen LogP contribution in [0.15, 0.2) is 41.3 Å². The Morgan fingerprint density at radius 2 is 1.72 bits per heavy atom. The Bertz CT molecular complexity index is 1710. The van der Waals surface area contributed by atoms with Gasteiger partial charge < -0.3 is 20.3 Å². The minimum atomic E-state index is -4.27. The van der Waals surface area contributed by atoms with Crippen molar-refractivity contribution in [1.29, 1.82) is 0 Å². The summed E-state index contributed by atoms with van der Waals surface area (Å²) in [6.07, 6.45) is 1.64. The molecule has 3 N–H and O–H groups in total. The fourth-order valence-corrected chi connectivity index (χ4v) is 8.32. The number of aromatic amines is 1. The summed E-state index contributed by atoms with van der Waals surface area (Å²) in [7, 11) is -4.27. The molecule has 0 spiro atoms. The third kappa shape index (κ3) is 7.01. The number of rotatable bonds is 8. The highest BCUT2D eigenvalue weighted by atomic mass is 32.2. The topological polar surface area (TPSA) is 123 Å². The number of benzene rings is 2. The molecule has 3 aromatic rings. The standard InChI is InChI=1S/C33H43F2N7O4S/c1-21(2)40-9-11-41(12-10-40)25-5-6-27(29(18-25)36-24-7-13-46-14-8-24)32(43)37-31-28-19-42(20-33(3,4)30(28)38-39-31)47(44,45)26-16-22(34)15-23(35)17-26/h5-6,15-18,21,24,36H,7-14,19-20H2,1-4H3,(H2,37,38,39,43). The summed E-state index contributed by atoms with van der Waals surface area (Å²) in [5.41, 5.74) is 2.62. The van der Waals surface area contributed by atoms with Crippen LogP contribution in [0.4, 0.5) is 26.0 Å². The SMILES string of the molecule is CC(C)N1CCN(c2ccc(C(=O)Nc3n[nH]c4c3CN(S(=O)(=O)c3cc(F)cc(F)c3)CC4(C)C)c(NC3CCOCC3)c2)CC1. The van der Waals surface area contributed by atoms with Gasteiger partial charge in [-0.15, -0.1) is 0 Å². The zero-order valence-electron chi connectivity index (χ0n) is 27.3. The van der Waals surface area contributed by atoms with E-state index < -0.39 is 37.9 Å². The first-order valence-electron chi connectivity index (χ1n) is 16.1. The van der Waals surface area contributed by atoms with Crippen molar-refractivity contribution in [3.8, 4) is 0 Å². The first-order valence-corrected chi connectivity index (χ1v) is 17.6. The monoisotopic (exact) mass is 671 g/mol. The van der Waals surface area contributed by atoms with Gasteiger partial charge in [0.05, 0.1) is 10.5 Å². The van der Waals surface area contributed by atoms with Gasteiger partial charge in [0, 0.05) is 98.7 Å². The van der Waals surface area contributed by atoms with Crippen LogP contribution in [-0.4, -0.2) is 91.7 Å². The molecule has 0 saturated carbocycles. The van der Waals surface area contributed by atoms with Crippen LogP contribution in [0, 0.1) is 11.6 Å². The number of nitrogens with one attached hydrogen (secondary N) is 3. The van der Waals surface area contributed by atoms with Gasteiger partial charge in [-0.3, -0.25) is 14.8 Å². The second-order valence-electron chi connectivity index (χ2n) is 13.5. The number of carbonyl (C=O) groups is 1. The molecule has 0 bridgehead atoms. The lowest BCUT2D eigenvalue weighted by Gasteiger charge is -2.38. The van der Waals surface area contributed by atoms with Crippen LogP contribution in [0.5, 0.6) is 0 Å². The molecule has 47 heavy (non-hydrogen) atoms. The van der Waals surface area contributed by atoms with Crippen molar-refractivity contribution in [2.45, 2.75) is 69.5 Å². The van der Waals surface area contributed by atoms with E-state index in [-0.39, 0.29) is 24.9 Å². The normalized spacial score (nSPS) is 19.5. The van der Waals surface area contributed by atoms with Gasteiger partial charge in [-0.2, -0.15) is 9.40 Å². The number of hydrogen-bond acceptors (Lipinski definition) is 8. The van der Waals surface area contributed by atoms with Crippen LogP contribution in [-0.2, 0) is 26.7 Å². The number of aromatic nitrogens is 2. The third-order valence-electron chi connectivity index (χ3n) is 9.39. The number of sulfonamides is 1. The van der Waals surface area contributed by atoms with Gasteiger partial charge in [-0.05, 0) is 57.0 Å². The van der Waals surface area contributed by atoms with Gasteiger partial charge in [0.1, 0.15) is 11.6 Å². The molecule has 11 nitrogen and oxygen atoms in total. The lowest BCUT2D eigenvalue weighted by molar-refractivity contribution is 0.0904. The number of halogens is 2. The fourth-order valence-electron chi connectivity index (χ4n) is 6.71. The van der Waals surface area contributed by atoms with Crippen LogP contribution in [0.2, 0.25) is 0 Å². The van der Waals surface area contributed by atoms with E-state index in [2.05, 4.69) is 44.5 Å². The van der Waals surface area contributed by atoms with Crippen LogP contribution in [0.3, 0.4) is 0 Å². The number of anilines is 3.